The maximum absolute atomic E-state index is 13.1. The summed E-state index contributed by atoms with van der Waals surface area (Å²) < 4.78 is 38.8. The van der Waals surface area contributed by atoms with Gasteiger partial charge in [-0.1, -0.05) is 0 Å². The second-order valence-corrected chi connectivity index (χ2v) is 6.29. The van der Waals surface area contributed by atoms with Crippen LogP contribution in [0.25, 0.3) is 0 Å². The highest BCUT2D eigenvalue weighted by atomic mass is 79.9. The average molecular weight is 294 g/mol. The van der Waals surface area contributed by atoms with Crippen molar-refractivity contribution in [3.05, 3.63) is 28.5 Å². The van der Waals surface area contributed by atoms with E-state index in [0.29, 0.717) is 17.3 Å². The second kappa shape index (κ2) is 3.75. The van der Waals surface area contributed by atoms with Gasteiger partial charge in [0.25, 0.3) is 0 Å². The summed E-state index contributed by atoms with van der Waals surface area (Å²) >= 11 is 3.00. The zero-order valence-electron chi connectivity index (χ0n) is 7.70. The fourth-order valence-electron chi connectivity index (χ4n) is 1.19. The highest BCUT2D eigenvalue weighted by molar-refractivity contribution is 9.10. The largest absolute Gasteiger partial charge is 0.283 e. The van der Waals surface area contributed by atoms with Crippen molar-refractivity contribution < 1.29 is 12.8 Å². The lowest BCUT2D eigenvalue weighted by molar-refractivity contribution is 0.599. The van der Waals surface area contributed by atoms with Crippen molar-refractivity contribution in [2.24, 2.45) is 0 Å². The molecule has 15 heavy (non-hydrogen) atoms. The van der Waals surface area contributed by atoms with Gasteiger partial charge >= 0.3 is 0 Å². The molecule has 1 N–H and O–H groups in total. The van der Waals surface area contributed by atoms with Crippen LogP contribution in [0.15, 0.2) is 22.7 Å². The van der Waals surface area contributed by atoms with Crippen molar-refractivity contribution in [3.63, 3.8) is 0 Å². The first-order chi connectivity index (χ1) is 6.99. The third-order valence-electron chi connectivity index (χ3n) is 2.14. The molecule has 0 aromatic heterocycles. The summed E-state index contributed by atoms with van der Waals surface area (Å²) in [6.07, 6.45) is 1.38. The van der Waals surface area contributed by atoms with Crippen molar-refractivity contribution in [3.8, 4) is 0 Å². The van der Waals surface area contributed by atoms with Crippen molar-refractivity contribution in [1.82, 2.24) is 0 Å². The summed E-state index contributed by atoms with van der Waals surface area (Å²) in [6, 6.07) is 4.15. The molecule has 0 bridgehead atoms. The SMILES string of the molecule is O=S(=O)(Nc1ccc(Br)c(F)c1)C1CC1. The molecule has 82 valence electrons. The summed E-state index contributed by atoms with van der Waals surface area (Å²) in [7, 11) is -3.30. The predicted molar refractivity (Wildman–Crippen MR) is 59.7 cm³/mol. The fourth-order valence-corrected chi connectivity index (χ4v) is 2.81. The first kappa shape index (κ1) is 10.9. The van der Waals surface area contributed by atoms with Crippen molar-refractivity contribution in [2.75, 3.05) is 4.72 Å². The molecule has 0 heterocycles. The van der Waals surface area contributed by atoms with Crippen molar-refractivity contribution >= 4 is 31.6 Å². The standard InChI is InChI=1S/C9H9BrFNO2S/c10-8-4-1-6(5-9(8)11)12-15(13,14)7-2-3-7/h1,4-5,7,12H,2-3H2. The van der Waals surface area contributed by atoms with Crippen LogP contribution in [0.4, 0.5) is 10.1 Å². The number of anilines is 1. The van der Waals surface area contributed by atoms with Crippen molar-refractivity contribution in [1.29, 1.82) is 0 Å². The molecule has 3 nitrogen and oxygen atoms in total. The van der Waals surface area contributed by atoms with E-state index in [-0.39, 0.29) is 10.9 Å². The Labute approximate surface area is 95.9 Å². The van der Waals surface area contributed by atoms with E-state index in [1.807, 2.05) is 0 Å². The first-order valence-electron chi connectivity index (χ1n) is 4.46. The zero-order valence-corrected chi connectivity index (χ0v) is 10.1. The molecule has 1 aliphatic rings. The Hall–Kier alpha value is -0.620. The Balaban J connectivity index is 2.21. The van der Waals surface area contributed by atoms with Crippen LogP contribution in [0.2, 0.25) is 0 Å². The lowest BCUT2D eigenvalue weighted by Gasteiger charge is -2.06. The lowest BCUT2D eigenvalue weighted by atomic mass is 10.3. The van der Waals surface area contributed by atoms with Crippen LogP contribution in [-0.4, -0.2) is 13.7 Å². The Bertz CT molecular complexity index is 485. The Morgan fingerprint density at radius 3 is 2.60 bits per heavy atom. The molecule has 0 spiro atoms. The zero-order chi connectivity index (χ0) is 11.1. The molecular weight excluding hydrogens is 285 g/mol. The highest BCUT2D eigenvalue weighted by Crippen LogP contribution is 2.30. The van der Waals surface area contributed by atoms with Gasteiger partial charge < -0.3 is 0 Å². The first-order valence-corrected chi connectivity index (χ1v) is 6.79. The third-order valence-corrected chi connectivity index (χ3v) is 4.66. The van der Waals surface area contributed by atoms with E-state index in [1.165, 1.54) is 12.1 Å². The van der Waals surface area contributed by atoms with Gasteiger partial charge in [0.1, 0.15) is 5.82 Å². The fraction of sp³-hybridized carbons (Fsp3) is 0.333. The molecule has 1 aromatic carbocycles. The van der Waals surface area contributed by atoms with E-state index in [1.54, 1.807) is 0 Å². The Morgan fingerprint density at radius 2 is 2.07 bits per heavy atom. The molecule has 2 rings (SSSR count). The molecule has 0 radical (unpaired) electrons. The smallest absolute Gasteiger partial charge is 0.235 e. The normalized spacial score (nSPS) is 16.4. The van der Waals surface area contributed by atoms with Gasteiger partial charge in [-0.15, -0.1) is 0 Å². The van der Waals surface area contributed by atoms with Crippen LogP contribution in [0.5, 0.6) is 0 Å². The summed E-state index contributed by atoms with van der Waals surface area (Å²) in [4.78, 5) is 0. The molecule has 1 aromatic rings. The summed E-state index contributed by atoms with van der Waals surface area (Å²) in [5.74, 6) is -0.481. The van der Waals surface area contributed by atoms with Gasteiger partial charge in [-0.25, -0.2) is 12.8 Å². The van der Waals surface area contributed by atoms with Gasteiger partial charge in [0.15, 0.2) is 0 Å². The van der Waals surface area contributed by atoms with E-state index in [2.05, 4.69) is 20.7 Å². The predicted octanol–water partition coefficient (Wildman–Crippen LogP) is 2.49. The molecule has 0 unspecified atom stereocenters. The van der Waals surface area contributed by atoms with Crippen LogP contribution in [0.1, 0.15) is 12.8 Å². The highest BCUT2D eigenvalue weighted by Gasteiger charge is 2.35. The number of halogens is 2. The van der Waals surface area contributed by atoms with Crippen molar-refractivity contribution in [2.45, 2.75) is 18.1 Å². The number of hydrogen-bond acceptors (Lipinski definition) is 2. The van der Waals surface area contributed by atoms with Gasteiger partial charge in [0.05, 0.1) is 15.4 Å². The molecule has 0 atom stereocenters. The topological polar surface area (TPSA) is 46.2 Å². The second-order valence-electron chi connectivity index (χ2n) is 3.48. The van der Waals surface area contributed by atoms with Gasteiger partial charge in [-0.2, -0.15) is 0 Å². The van der Waals surface area contributed by atoms with Crippen LogP contribution in [0.3, 0.4) is 0 Å². The molecule has 1 fully saturated rings. The molecule has 6 heteroatoms. The quantitative estimate of drug-likeness (QED) is 0.931. The monoisotopic (exact) mass is 293 g/mol. The van der Waals surface area contributed by atoms with Gasteiger partial charge in [0, 0.05) is 0 Å². The number of benzene rings is 1. The van der Waals surface area contributed by atoms with Crippen LogP contribution < -0.4 is 4.72 Å². The Kier molecular flexibility index (Phi) is 2.72. The van der Waals surface area contributed by atoms with E-state index < -0.39 is 15.8 Å². The minimum absolute atomic E-state index is 0.266. The average Bonchev–Trinajstić information content (AvgIpc) is 2.93. The number of nitrogens with one attached hydrogen (secondary N) is 1. The van der Waals surface area contributed by atoms with Gasteiger partial charge in [0.2, 0.25) is 10.0 Å². The maximum atomic E-state index is 13.1. The minimum atomic E-state index is -3.30. The number of hydrogen-bond donors (Lipinski definition) is 1. The molecule has 1 aliphatic carbocycles. The molecule has 0 amide bonds. The van der Waals surface area contributed by atoms with Crippen LogP contribution >= 0.6 is 15.9 Å². The maximum Gasteiger partial charge on any atom is 0.235 e. The summed E-state index contributed by atoms with van der Waals surface area (Å²) in [5.41, 5.74) is 0.266. The van der Waals surface area contributed by atoms with E-state index in [4.69, 9.17) is 0 Å². The minimum Gasteiger partial charge on any atom is -0.283 e. The molecule has 0 saturated heterocycles. The van der Waals surface area contributed by atoms with Crippen LogP contribution in [0, 0.1) is 5.82 Å². The Morgan fingerprint density at radius 1 is 1.40 bits per heavy atom. The third kappa shape index (κ3) is 2.49. The summed E-state index contributed by atoms with van der Waals surface area (Å²) in [6.45, 7) is 0. The molecule has 0 aliphatic heterocycles. The van der Waals surface area contributed by atoms with Crippen LogP contribution in [-0.2, 0) is 10.0 Å². The van der Waals surface area contributed by atoms with E-state index >= 15 is 0 Å². The lowest BCUT2D eigenvalue weighted by Crippen LogP contribution is -2.17. The summed E-state index contributed by atoms with van der Waals surface area (Å²) in [5, 5.41) is -0.302. The van der Waals surface area contributed by atoms with Gasteiger partial charge in [-0.3, -0.25) is 4.72 Å². The number of rotatable bonds is 3. The number of sulfonamides is 1. The molecule has 1 saturated carbocycles. The van der Waals surface area contributed by atoms with Gasteiger partial charge in [-0.05, 0) is 47.0 Å². The molecular formula is C9H9BrFNO2S. The van der Waals surface area contributed by atoms with E-state index in [9.17, 15) is 12.8 Å². The van der Waals surface area contributed by atoms with E-state index in [0.717, 1.165) is 6.07 Å².